The van der Waals surface area contributed by atoms with Gasteiger partial charge < -0.3 is 23.3 Å². The van der Waals surface area contributed by atoms with Gasteiger partial charge in [-0.25, -0.2) is 14.6 Å². The quantitative estimate of drug-likeness (QED) is 0.387. The molecule has 0 amide bonds. The molecule has 0 atom stereocenters. The van der Waals surface area contributed by atoms with E-state index in [2.05, 4.69) is 4.99 Å². The molecule has 0 saturated carbocycles. The molecular weight excluding hydrogens is 329 g/mol. The van der Waals surface area contributed by atoms with Crippen LogP contribution >= 0.6 is 7.60 Å². The summed E-state index contributed by atoms with van der Waals surface area (Å²) in [7, 11) is -1.42. The van der Waals surface area contributed by atoms with Crippen LogP contribution in [-0.4, -0.2) is 50.8 Å². The summed E-state index contributed by atoms with van der Waals surface area (Å²) >= 11 is 0. The summed E-state index contributed by atoms with van der Waals surface area (Å²) in [6.45, 7) is 4.59. The second kappa shape index (κ2) is 7.72. The van der Waals surface area contributed by atoms with Crippen molar-refractivity contribution in [1.82, 2.24) is 0 Å². The van der Waals surface area contributed by atoms with Crippen molar-refractivity contribution in [3.63, 3.8) is 0 Å². The second-order valence-corrected chi connectivity index (χ2v) is 6.35. The summed E-state index contributed by atoms with van der Waals surface area (Å²) in [4.78, 5) is 28.7. The van der Waals surface area contributed by atoms with Gasteiger partial charge in [-0.15, -0.1) is 0 Å². The van der Waals surface area contributed by atoms with Gasteiger partial charge in [0.15, 0.2) is 11.7 Å². The fourth-order valence-corrected chi connectivity index (χ4v) is 2.72. The van der Waals surface area contributed by atoms with Crippen LogP contribution in [0.15, 0.2) is 16.6 Å². The van der Waals surface area contributed by atoms with Crippen LogP contribution in [0, 0.1) is 0 Å². The Labute approximate surface area is 134 Å². The van der Waals surface area contributed by atoms with E-state index in [4.69, 9.17) is 23.3 Å². The number of carbonyl (C=O) groups excluding carboxylic acids is 2. The zero-order valence-corrected chi connectivity index (χ0v) is 14.5. The highest BCUT2D eigenvalue weighted by Gasteiger charge is 2.58. The molecule has 0 aromatic rings. The maximum absolute atomic E-state index is 12.4. The third-order valence-electron chi connectivity index (χ3n) is 2.87. The van der Waals surface area contributed by atoms with Gasteiger partial charge in [0.25, 0.3) is 0 Å². The molecule has 1 rings (SSSR count). The minimum atomic E-state index is -3.73. The van der Waals surface area contributed by atoms with Crippen molar-refractivity contribution in [2.45, 2.75) is 26.3 Å². The van der Waals surface area contributed by atoms with Gasteiger partial charge in [-0.05, 0) is 13.8 Å². The van der Waals surface area contributed by atoms with Crippen LogP contribution in [-0.2, 0) is 37.4 Å². The van der Waals surface area contributed by atoms with Crippen LogP contribution in [0.25, 0.3) is 0 Å². The molecule has 0 fully saturated rings. The molecular formula is C13H20NO8P. The highest BCUT2D eigenvalue weighted by Crippen LogP contribution is 2.51. The fourth-order valence-electron chi connectivity index (χ4n) is 1.84. The third kappa shape index (κ3) is 3.80. The van der Waals surface area contributed by atoms with E-state index in [1.807, 2.05) is 0 Å². The van der Waals surface area contributed by atoms with Gasteiger partial charge in [-0.1, -0.05) is 0 Å². The minimum Gasteiger partial charge on any atom is -0.463 e. The number of hydrogen-bond acceptors (Lipinski definition) is 9. The first-order chi connectivity index (χ1) is 10.8. The predicted octanol–water partition coefficient (Wildman–Crippen LogP) is 1.63. The third-order valence-corrected chi connectivity index (χ3v) is 4.43. The molecule has 0 saturated heterocycles. The average molecular weight is 349 g/mol. The molecule has 130 valence electrons. The Morgan fingerprint density at radius 2 is 1.65 bits per heavy atom. The molecule has 0 bridgehead atoms. The summed E-state index contributed by atoms with van der Waals surface area (Å²) in [5.74, 6) is -1.41. The normalized spacial score (nSPS) is 18.3. The van der Waals surface area contributed by atoms with Crippen molar-refractivity contribution < 1.29 is 37.4 Å². The van der Waals surface area contributed by atoms with E-state index in [-0.39, 0.29) is 24.9 Å². The summed E-state index contributed by atoms with van der Waals surface area (Å²) in [5.41, 5.74) is -2.22. The molecule has 0 radical (unpaired) electrons. The molecule has 9 nitrogen and oxygen atoms in total. The maximum atomic E-state index is 12.4. The van der Waals surface area contributed by atoms with Crippen LogP contribution in [0.3, 0.4) is 0 Å². The highest BCUT2D eigenvalue weighted by atomic mass is 31.2. The molecule has 0 aromatic heterocycles. The molecule has 0 N–H and O–H groups in total. The Balaban J connectivity index is 3.49. The van der Waals surface area contributed by atoms with Gasteiger partial charge in [0.1, 0.15) is 0 Å². The Hall–Kier alpha value is -1.70. The summed E-state index contributed by atoms with van der Waals surface area (Å²) < 4.78 is 37.0. The van der Waals surface area contributed by atoms with E-state index in [1.165, 1.54) is 6.92 Å². The molecule has 0 unspecified atom stereocenters. The Kier molecular flexibility index (Phi) is 6.49. The first-order valence-electron chi connectivity index (χ1n) is 6.82. The van der Waals surface area contributed by atoms with E-state index in [0.717, 1.165) is 20.0 Å². The Bertz CT molecular complexity index is 557. The number of hydrogen-bond donors (Lipinski definition) is 0. The number of nitrogens with zero attached hydrogens (tertiary/aromatic N) is 1. The SMILES string of the molecule is CCOC(=O)C1(C(=O)OCC)N=C(C)O/C1=C\P(=O)(OC)OC. The molecule has 0 aliphatic carbocycles. The van der Waals surface area contributed by atoms with Crippen LogP contribution in [0.2, 0.25) is 0 Å². The minimum absolute atomic E-state index is 0.00799. The first-order valence-corrected chi connectivity index (χ1v) is 8.44. The largest absolute Gasteiger partial charge is 0.463 e. The van der Waals surface area contributed by atoms with Crippen LogP contribution in [0.4, 0.5) is 0 Å². The standard InChI is InChI=1S/C13H20NO8P/c1-6-20-11(15)13(12(16)21-7-2)10(22-9(3)14-13)8-23(17,18-4)19-5/h8H,6-7H2,1-5H3/b10-8-. The lowest BCUT2D eigenvalue weighted by Gasteiger charge is -2.22. The number of carbonyl (C=O) groups is 2. The van der Waals surface area contributed by atoms with Gasteiger partial charge in [0.05, 0.1) is 19.0 Å². The van der Waals surface area contributed by atoms with Gasteiger partial charge in [-0.2, -0.15) is 0 Å². The topological polar surface area (TPSA) is 110 Å². The van der Waals surface area contributed by atoms with Crippen LogP contribution in [0.5, 0.6) is 0 Å². The Morgan fingerprint density at radius 3 is 2.04 bits per heavy atom. The molecule has 23 heavy (non-hydrogen) atoms. The zero-order valence-electron chi connectivity index (χ0n) is 13.7. The lowest BCUT2D eigenvalue weighted by atomic mass is 9.99. The first kappa shape index (κ1) is 19.3. The second-order valence-electron chi connectivity index (χ2n) is 4.28. The van der Waals surface area contributed by atoms with Crippen LogP contribution in [0.1, 0.15) is 20.8 Å². The van der Waals surface area contributed by atoms with E-state index in [1.54, 1.807) is 13.8 Å². The van der Waals surface area contributed by atoms with E-state index in [9.17, 15) is 14.2 Å². The number of esters is 2. The summed E-state index contributed by atoms with van der Waals surface area (Å²) in [6.07, 6.45) is 0. The lowest BCUT2D eigenvalue weighted by Crippen LogP contribution is -2.47. The van der Waals surface area contributed by atoms with Gasteiger partial charge >= 0.3 is 25.1 Å². The van der Waals surface area contributed by atoms with Crippen molar-refractivity contribution in [2.24, 2.45) is 4.99 Å². The monoisotopic (exact) mass is 349 g/mol. The predicted molar refractivity (Wildman–Crippen MR) is 79.9 cm³/mol. The Morgan fingerprint density at radius 1 is 1.17 bits per heavy atom. The fraction of sp³-hybridized carbons (Fsp3) is 0.615. The van der Waals surface area contributed by atoms with Crippen molar-refractivity contribution >= 4 is 25.4 Å². The van der Waals surface area contributed by atoms with Crippen molar-refractivity contribution in [3.05, 3.63) is 11.6 Å². The van der Waals surface area contributed by atoms with Crippen molar-refractivity contribution in [1.29, 1.82) is 0 Å². The summed E-state index contributed by atoms with van der Waals surface area (Å²) in [5, 5.41) is 0. The summed E-state index contributed by atoms with van der Waals surface area (Å²) in [6, 6.07) is 0. The van der Waals surface area contributed by atoms with E-state index >= 15 is 0 Å². The average Bonchev–Trinajstić information content (AvgIpc) is 2.84. The molecule has 0 aromatic carbocycles. The smallest absolute Gasteiger partial charge is 0.357 e. The maximum Gasteiger partial charge on any atom is 0.357 e. The lowest BCUT2D eigenvalue weighted by molar-refractivity contribution is -0.162. The molecule has 1 aliphatic rings. The molecule has 0 spiro atoms. The number of aliphatic imine (C=N–C) groups is 1. The van der Waals surface area contributed by atoms with E-state index in [0.29, 0.717) is 0 Å². The molecule has 1 heterocycles. The number of rotatable bonds is 7. The van der Waals surface area contributed by atoms with Gasteiger partial charge in [0.2, 0.25) is 0 Å². The number of ether oxygens (including phenoxy) is 3. The van der Waals surface area contributed by atoms with Gasteiger partial charge in [0, 0.05) is 21.1 Å². The highest BCUT2D eigenvalue weighted by molar-refractivity contribution is 7.57. The molecule has 1 aliphatic heterocycles. The zero-order chi connectivity index (χ0) is 17.7. The van der Waals surface area contributed by atoms with Crippen molar-refractivity contribution in [3.8, 4) is 0 Å². The van der Waals surface area contributed by atoms with E-state index < -0.39 is 25.1 Å². The van der Waals surface area contributed by atoms with Gasteiger partial charge in [-0.3, -0.25) is 4.57 Å². The van der Waals surface area contributed by atoms with Crippen LogP contribution < -0.4 is 0 Å². The van der Waals surface area contributed by atoms with Crippen molar-refractivity contribution in [2.75, 3.05) is 27.4 Å². The molecule has 10 heteroatoms.